The number of carbonyl (C=O) groups is 2. The highest BCUT2D eigenvalue weighted by atomic mass is 35.5. The Morgan fingerprint density at radius 1 is 1.21 bits per heavy atom. The molecule has 0 saturated heterocycles. The first kappa shape index (κ1) is 27.9. The maximum Gasteiger partial charge on any atom is 0.256 e. The molecule has 0 unspecified atom stereocenters. The summed E-state index contributed by atoms with van der Waals surface area (Å²) in [4.78, 5) is 27.7. The summed E-state index contributed by atoms with van der Waals surface area (Å²) in [7, 11) is 1.78. The second-order valence-corrected chi connectivity index (χ2v) is 10.1. The number of nitrogens with one attached hydrogen (secondary N) is 2. The summed E-state index contributed by atoms with van der Waals surface area (Å²) >= 11 is 6.25. The van der Waals surface area contributed by atoms with Gasteiger partial charge in [0.25, 0.3) is 5.91 Å². The molecule has 0 aromatic heterocycles. The molecule has 1 aromatic rings. The molecule has 1 heterocycles. The SMILES string of the molecule is CC/C=C\C1=CCN(N(C)C(=O)CN(CC(=O)NCCNC(C)(C)C)c2cc(Cl)ccc2C)C1. The minimum Gasteiger partial charge on any atom is -0.353 e. The Hall–Kier alpha value is -2.35. The molecule has 188 valence electrons. The van der Waals surface area contributed by atoms with Gasteiger partial charge in [-0.15, -0.1) is 0 Å². The number of hydrogen-bond acceptors (Lipinski definition) is 5. The average Bonchev–Trinajstić information content (AvgIpc) is 3.24. The Labute approximate surface area is 209 Å². The maximum absolute atomic E-state index is 13.2. The van der Waals surface area contributed by atoms with Crippen molar-refractivity contribution < 1.29 is 9.59 Å². The van der Waals surface area contributed by atoms with Crippen LogP contribution in [-0.4, -0.2) is 73.7 Å². The molecule has 0 fully saturated rings. The molecule has 1 aromatic carbocycles. The number of carbonyl (C=O) groups excluding carboxylic acids is 2. The van der Waals surface area contributed by atoms with Gasteiger partial charge in [-0.25, -0.2) is 5.01 Å². The molecule has 0 radical (unpaired) electrons. The minimum absolute atomic E-state index is 0.0116. The number of allylic oxidation sites excluding steroid dienone is 1. The third kappa shape index (κ3) is 9.12. The normalized spacial score (nSPS) is 14.4. The number of amides is 2. The number of aryl methyl sites for hydroxylation is 1. The number of benzene rings is 1. The lowest BCUT2D eigenvalue weighted by Gasteiger charge is -2.32. The second kappa shape index (κ2) is 12.9. The lowest BCUT2D eigenvalue weighted by molar-refractivity contribution is -0.141. The molecule has 8 heteroatoms. The molecule has 1 aliphatic heterocycles. The van der Waals surface area contributed by atoms with E-state index >= 15 is 0 Å². The van der Waals surface area contributed by atoms with E-state index in [2.05, 4.69) is 56.6 Å². The van der Waals surface area contributed by atoms with Gasteiger partial charge in [0, 0.05) is 49.5 Å². The highest BCUT2D eigenvalue weighted by Gasteiger charge is 2.24. The van der Waals surface area contributed by atoms with Crippen LogP contribution in [0.4, 0.5) is 5.69 Å². The zero-order chi connectivity index (χ0) is 25.3. The van der Waals surface area contributed by atoms with Crippen molar-refractivity contribution in [2.24, 2.45) is 0 Å². The number of halogens is 1. The van der Waals surface area contributed by atoms with Crippen molar-refractivity contribution in [2.75, 3.05) is 51.2 Å². The molecule has 0 saturated carbocycles. The Balaban J connectivity index is 2.05. The summed E-state index contributed by atoms with van der Waals surface area (Å²) < 4.78 is 0. The van der Waals surface area contributed by atoms with Gasteiger partial charge in [-0.05, 0) is 57.4 Å². The van der Waals surface area contributed by atoms with Crippen molar-refractivity contribution in [3.63, 3.8) is 0 Å². The van der Waals surface area contributed by atoms with Gasteiger partial charge < -0.3 is 15.5 Å². The van der Waals surface area contributed by atoms with Crippen LogP contribution in [0.1, 0.15) is 39.7 Å². The van der Waals surface area contributed by atoms with Gasteiger partial charge in [0.2, 0.25) is 5.91 Å². The van der Waals surface area contributed by atoms with Crippen molar-refractivity contribution in [1.29, 1.82) is 0 Å². The van der Waals surface area contributed by atoms with Crippen molar-refractivity contribution >= 4 is 29.1 Å². The van der Waals surface area contributed by atoms with E-state index in [4.69, 9.17) is 11.6 Å². The Bertz CT molecular complexity index is 907. The zero-order valence-electron chi connectivity index (χ0n) is 21.4. The van der Waals surface area contributed by atoms with Crippen LogP contribution in [-0.2, 0) is 9.59 Å². The van der Waals surface area contributed by atoms with E-state index in [0.717, 1.165) is 17.7 Å². The quantitative estimate of drug-likeness (QED) is 0.465. The van der Waals surface area contributed by atoms with Gasteiger partial charge in [0.1, 0.15) is 0 Å². The van der Waals surface area contributed by atoms with E-state index < -0.39 is 0 Å². The Morgan fingerprint density at radius 3 is 2.62 bits per heavy atom. The van der Waals surface area contributed by atoms with Crippen molar-refractivity contribution in [2.45, 2.75) is 46.6 Å². The largest absolute Gasteiger partial charge is 0.353 e. The van der Waals surface area contributed by atoms with Gasteiger partial charge in [-0.2, -0.15) is 0 Å². The van der Waals surface area contributed by atoms with Crippen LogP contribution in [0.5, 0.6) is 0 Å². The molecule has 34 heavy (non-hydrogen) atoms. The van der Waals surface area contributed by atoms with Crippen LogP contribution in [0.15, 0.2) is 42.0 Å². The lowest BCUT2D eigenvalue weighted by Crippen LogP contribution is -2.49. The topological polar surface area (TPSA) is 67.9 Å². The summed E-state index contributed by atoms with van der Waals surface area (Å²) in [6, 6.07) is 5.52. The van der Waals surface area contributed by atoms with Gasteiger partial charge in [-0.1, -0.05) is 42.8 Å². The van der Waals surface area contributed by atoms with E-state index in [1.165, 1.54) is 5.57 Å². The van der Waals surface area contributed by atoms with Crippen molar-refractivity contribution in [1.82, 2.24) is 20.7 Å². The van der Waals surface area contributed by atoms with Crippen LogP contribution in [0.3, 0.4) is 0 Å². The second-order valence-electron chi connectivity index (χ2n) is 9.67. The van der Waals surface area contributed by atoms with Crippen LogP contribution in [0.2, 0.25) is 5.02 Å². The minimum atomic E-state index is -0.139. The van der Waals surface area contributed by atoms with E-state index in [1.54, 1.807) is 17.0 Å². The van der Waals surface area contributed by atoms with E-state index in [0.29, 0.717) is 31.2 Å². The molecule has 0 spiro atoms. The zero-order valence-corrected chi connectivity index (χ0v) is 22.2. The summed E-state index contributed by atoms with van der Waals surface area (Å²) in [6.45, 7) is 13.0. The first-order valence-electron chi connectivity index (χ1n) is 11.9. The summed E-state index contributed by atoms with van der Waals surface area (Å²) in [5, 5.41) is 10.5. The lowest BCUT2D eigenvalue weighted by atomic mass is 10.1. The molecule has 7 nitrogen and oxygen atoms in total. The third-order valence-corrected chi connectivity index (χ3v) is 5.79. The van der Waals surface area contributed by atoms with Crippen LogP contribution in [0.25, 0.3) is 0 Å². The van der Waals surface area contributed by atoms with Gasteiger partial charge in [0.05, 0.1) is 13.1 Å². The van der Waals surface area contributed by atoms with Crippen molar-refractivity contribution in [3.05, 3.63) is 52.6 Å². The standard InChI is InChI=1S/C26H40ClN5O2/c1-7-8-9-21-12-15-32(17-21)30(6)25(34)19-31(23-16-22(27)11-10-20(23)2)18-24(33)28-13-14-29-26(3,4)5/h8-12,16,29H,7,13-15,17-19H2,1-6H3,(H,28,33)/b9-8-. The highest BCUT2D eigenvalue weighted by molar-refractivity contribution is 6.30. The smallest absolute Gasteiger partial charge is 0.256 e. The summed E-state index contributed by atoms with van der Waals surface area (Å²) in [5.74, 6) is -0.226. The van der Waals surface area contributed by atoms with Gasteiger partial charge >= 0.3 is 0 Å². The number of hydrazine groups is 1. The molecule has 0 bridgehead atoms. The number of anilines is 1. The number of hydrogen-bond donors (Lipinski definition) is 2. The predicted octanol–water partition coefficient (Wildman–Crippen LogP) is 3.54. The molecule has 1 aliphatic rings. The molecule has 2 rings (SSSR count). The third-order valence-electron chi connectivity index (χ3n) is 5.56. The Morgan fingerprint density at radius 2 is 1.94 bits per heavy atom. The highest BCUT2D eigenvalue weighted by Crippen LogP contribution is 2.24. The van der Waals surface area contributed by atoms with Crippen LogP contribution in [0, 0.1) is 6.92 Å². The average molecular weight is 490 g/mol. The number of nitrogens with zero attached hydrogens (tertiary/aromatic N) is 3. The van der Waals surface area contributed by atoms with Crippen LogP contribution < -0.4 is 15.5 Å². The first-order valence-corrected chi connectivity index (χ1v) is 12.3. The van der Waals surface area contributed by atoms with E-state index in [-0.39, 0.29) is 30.4 Å². The van der Waals surface area contributed by atoms with Gasteiger partial charge in [0.15, 0.2) is 0 Å². The molecule has 2 N–H and O–H groups in total. The van der Waals surface area contributed by atoms with E-state index in [9.17, 15) is 9.59 Å². The fourth-order valence-corrected chi connectivity index (χ4v) is 3.79. The maximum atomic E-state index is 13.2. The fourth-order valence-electron chi connectivity index (χ4n) is 3.62. The van der Waals surface area contributed by atoms with Crippen LogP contribution >= 0.6 is 11.6 Å². The summed E-state index contributed by atoms with van der Waals surface area (Å²) in [6.07, 6.45) is 7.34. The molecule has 0 atom stereocenters. The monoisotopic (exact) mass is 489 g/mol. The molecular weight excluding hydrogens is 450 g/mol. The fraction of sp³-hybridized carbons (Fsp3) is 0.538. The molecule has 0 aliphatic carbocycles. The first-order chi connectivity index (χ1) is 16.0. The Kier molecular flexibility index (Phi) is 10.6. The van der Waals surface area contributed by atoms with Crippen molar-refractivity contribution in [3.8, 4) is 0 Å². The van der Waals surface area contributed by atoms with Gasteiger partial charge in [-0.3, -0.25) is 14.6 Å². The molecule has 2 amide bonds. The predicted molar refractivity (Wildman–Crippen MR) is 141 cm³/mol. The van der Waals surface area contributed by atoms with E-state index in [1.807, 2.05) is 30.1 Å². The molecular formula is C26H40ClN5O2. The number of rotatable bonds is 11. The number of likely N-dealkylation sites (N-methyl/N-ethyl adjacent to an activating group) is 1. The summed E-state index contributed by atoms with van der Waals surface area (Å²) in [5.41, 5.74) is 2.93.